The average molecular weight is 254 g/mol. The summed E-state index contributed by atoms with van der Waals surface area (Å²) in [7, 11) is 0. The Balaban J connectivity index is 2.16. The zero-order chi connectivity index (χ0) is 13.4. The number of hydrogen-bond donors (Lipinski definition) is 2. The van der Waals surface area contributed by atoms with E-state index in [1.165, 1.54) is 12.1 Å². The number of nitrogens with zero attached hydrogens (tertiary/aromatic N) is 2. The van der Waals surface area contributed by atoms with Crippen molar-refractivity contribution < 1.29 is 4.92 Å². The summed E-state index contributed by atoms with van der Waals surface area (Å²) in [5.41, 5.74) is 8.57. The maximum absolute atomic E-state index is 10.6. The van der Waals surface area contributed by atoms with Crippen LogP contribution in [0.3, 0.4) is 0 Å². The van der Waals surface area contributed by atoms with Crippen molar-refractivity contribution in [3.63, 3.8) is 0 Å². The number of pyridine rings is 1. The second-order valence-corrected chi connectivity index (χ2v) is 4.13. The van der Waals surface area contributed by atoms with E-state index in [-0.39, 0.29) is 5.69 Å². The molecule has 2 aromatic heterocycles. The Labute approximate surface area is 108 Å². The first kappa shape index (κ1) is 11.2. The van der Waals surface area contributed by atoms with Crippen LogP contribution in [-0.4, -0.2) is 14.9 Å². The first-order valence-corrected chi connectivity index (χ1v) is 5.63. The SMILES string of the molecule is Nc1nccc2[nH]cc(-c3ccc([N+](=O)[O-])cc3)c12. The zero-order valence-corrected chi connectivity index (χ0v) is 9.83. The van der Waals surface area contributed by atoms with E-state index in [2.05, 4.69) is 9.97 Å². The fourth-order valence-electron chi connectivity index (χ4n) is 2.09. The van der Waals surface area contributed by atoms with Crippen LogP contribution < -0.4 is 5.73 Å². The summed E-state index contributed by atoms with van der Waals surface area (Å²) < 4.78 is 0. The molecule has 1 aromatic carbocycles. The number of rotatable bonds is 2. The maximum atomic E-state index is 10.6. The molecule has 3 aromatic rings. The van der Waals surface area contributed by atoms with Crippen LogP contribution in [0.15, 0.2) is 42.7 Å². The normalized spacial score (nSPS) is 10.7. The van der Waals surface area contributed by atoms with Crippen LogP contribution in [0, 0.1) is 10.1 Å². The van der Waals surface area contributed by atoms with Gasteiger partial charge in [0.25, 0.3) is 5.69 Å². The molecule has 0 aliphatic rings. The summed E-state index contributed by atoms with van der Waals surface area (Å²) in [4.78, 5) is 17.4. The number of fused-ring (bicyclic) bond motifs is 1. The first-order valence-electron chi connectivity index (χ1n) is 5.63. The molecule has 6 heteroatoms. The average Bonchev–Trinajstić information content (AvgIpc) is 2.84. The van der Waals surface area contributed by atoms with Crippen molar-refractivity contribution >= 4 is 22.4 Å². The second-order valence-electron chi connectivity index (χ2n) is 4.13. The summed E-state index contributed by atoms with van der Waals surface area (Å²) in [5, 5.41) is 11.5. The highest BCUT2D eigenvalue weighted by Gasteiger charge is 2.11. The third-order valence-corrected chi connectivity index (χ3v) is 3.01. The highest BCUT2D eigenvalue weighted by molar-refractivity contribution is 6.01. The van der Waals surface area contributed by atoms with E-state index in [4.69, 9.17) is 5.73 Å². The zero-order valence-electron chi connectivity index (χ0n) is 9.83. The molecule has 0 saturated heterocycles. The van der Waals surface area contributed by atoms with Crippen LogP contribution >= 0.6 is 0 Å². The van der Waals surface area contributed by atoms with E-state index >= 15 is 0 Å². The van der Waals surface area contributed by atoms with E-state index in [0.29, 0.717) is 5.82 Å². The largest absolute Gasteiger partial charge is 0.383 e. The third kappa shape index (κ3) is 1.79. The Hall–Kier alpha value is -2.89. The Morgan fingerprint density at radius 2 is 1.95 bits per heavy atom. The number of H-pyrrole nitrogens is 1. The Bertz CT molecular complexity index is 762. The van der Waals surface area contributed by atoms with Crippen LogP contribution in [0.5, 0.6) is 0 Å². The van der Waals surface area contributed by atoms with Gasteiger partial charge in [0.1, 0.15) is 5.82 Å². The fourth-order valence-corrected chi connectivity index (χ4v) is 2.09. The minimum absolute atomic E-state index is 0.0645. The molecule has 0 unspecified atom stereocenters. The number of anilines is 1. The molecule has 2 heterocycles. The highest BCUT2D eigenvalue weighted by atomic mass is 16.6. The van der Waals surface area contributed by atoms with Crippen molar-refractivity contribution in [2.75, 3.05) is 5.73 Å². The number of hydrogen-bond acceptors (Lipinski definition) is 4. The molecule has 0 spiro atoms. The smallest absolute Gasteiger partial charge is 0.269 e. The second kappa shape index (κ2) is 4.09. The lowest BCUT2D eigenvalue weighted by molar-refractivity contribution is -0.384. The van der Waals surface area contributed by atoms with E-state index in [0.717, 1.165) is 22.0 Å². The number of aromatic amines is 1. The van der Waals surface area contributed by atoms with Gasteiger partial charge in [-0.2, -0.15) is 0 Å². The Morgan fingerprint density at radius 3 is 2.63 bits per heavy atom. The van der Waals surface area contributed by atoms with Crippen LogP contribution in [0.2, 0.25) is 0 Å². The van der Waals surface area contributed by atoms with Crippen molar-refractivity contribution in [3.05, 3.63) is 52.8 Å². The summed E-state index contributed by atoms with van der Waals surface area (Å²) >= 11 is 0. The quantitative estimate of drug-likeness (QED) is 0.542. The highest BCUT2D eigenvalue weighted by Crippen LogP contribution is 2.32. The maximum Gasteiger partial charge on any atom is 0.269 e. The topological polar surface area (TPSA) is 97.8 Å². The molecule has 0 amide bonds. The third-order valence-electron chi connectivity index (χ3n) is 3.01. The van der Waals surface area contributed by atoms with Gasteiger partial charge in [-0.25, -0.2) is 4.98 Å². The first-order chi connectivity index (χ1) is 9.16. The van der Waals surface area contributed by atoms with E-state index < -0.39 is 4.92 Å². The van der Waals surface area contributed by atoms with Gasteiger partial charge in [-0.1, -0.05) is 0 Å². The standard InChI is InChI=1S/C13H10N4O2/c14-13-12-10(7-16-11(12)5-6-15-13)8-1-3-9(4-2-8)17(18)19/h1-7,16H,(H2,14,15). The summed E-state index contributed by atoms with van der Waals surface area (Å²) in [6, 6.07) is 8.18. The molecule has 94 valence electrons. The van der Waals surface area contributed by atoms with Crippen molar-refractivity contribution in [3.8, 4) is 11.1 Å². The van der Waals surface area contributed by atoms with Crippen LogP contribution in [-0.2, 0) is 0 Å². The molecular weight excluding hydrogens is 244 g/mol. The van der Waals surface area contributed by atoms with Crippen molar-refractivity contribution in [1.82, 2.24) is 9.97 Å². The van der Waals surface area contributed by atoms with Crippen molar-refractivity contribution in [2.24, 2.45) is 0 Å². The number of nitrogens with one attached hydrogen (secondary N) is 1. The number of benzene rings is 1. The van der Waals surface area contributed by atoms with Gasteiger partial charge < -0.3 is 10.7 Å². The van der Waals surface area contributed by atoms with Gasteiger partial charge in [0.15, 0.2) is 0 Å². The van der Waals surface area contributed by atoms with Gasteiger partial charge in [0.05, 0.1) is 10.4 Å². The van der Waals surface area contributed by atoms with Gasteiger partial charge in [0, 0.05) is 35.5 Å². The summed E-state index contributed by atoms with van der Waals surface area (Å²) in [6.07, 6.45) is 3.46. The number of nitro benzene ring substituents is 1. The molecule has 3 N–H and O–H groups in total. The van der Waals surface area contributed by atoms with E-state index in [1.807, 2.05) is 12.3 Å². The molecule has 3 rings (SSSR count). The fraction of sp³-hybridized carbons (Fsp3) is 0. The molecule has 19 heavy (non-hydrogen) atoms. The minimum atomic E-state index is -0.422. The molecular formula is C13H10N4O2. The number of aromatic nitrogens is 2. The van der Waals surface area contributed by atoms with Gasteiger partial charge in [-0.3, -0.25) is 10.1 Å². The van der Waals surface area contributed by atoms with Crippen LogP contribution in [0.1, 0.15) is 0 Å². The monoisotopic (exact) mass is 254 g/mol. The number of non-ortho nitro benzene ring substituents is 1. The molecule has 0 bridgehead atoms. The lowest BCUT2D eigenvalue weighted by atomic mass is 10.1. The number of nitrogen functional groups attached to an aromatic ring is 1. The molecule has 0 fully saturated rings. The molecule has 0 aliphatic heterocycles. The predicted molar refractivity (Wildman–Crippen MR) is 72.6 cm³/mol. The van der Waals surface area contributed by atoms with Gasteiger partial charge >= 0.3 is 0 Å². The van der Waals surface area contributed by atoms with Crippen molar-refractivity contribution in [1.29, 1.82) is 0 Å². The molecule has 0 atom stereocenters. The molecule has 0 aliphatic carbocycles. The molecule has 0 radical (unpaired) electrons. The molecule has 0 saturated carbocycles. The Morgan fingerprint density at radius 1 is 1.21 bits per heavy atom. The Kier molecular flexibility index (Phi) is 2.42. The van der Waals surface area contributed by atoms with Crippen LogP contribution in [0.25, 0.3) is 22.0 Å². The lowest BCUT2D eigenvalue weighted by Crippen LogP contribution is -1.90. The van der Waals surface area contributed by atoms with E-state index in [9.17, 15) is 10.1 Å². The lowest BCUT2D eigenvalue weighted by Gasteiger charge is -2.01. The number of nitrogens with two attached hydrogens (primary N) is 1. The summed E-state index contributed by atoms with van der Waals surface area (Å²) in [6.45, 7) is 0. The summed E-state index contributed by atoms with van der Waals surface area (Å²) in [5.74, 6) is 0.437. The molecule has 6 nitrogen and oxygen atoms in total. The van der Waals surface area contributed by atoms with Gasteiger partial charge in [-0.15, -0.1) is 0 Å². The predicted octanol–water partition coefficient (Wildman–Crippen LogP) is 2.72. The van der Waals surface area contributed by atoms with Crippen molar-refractivity contribution in [2.45, 2.75) is 0 Å². The van der Waals surface area contributed by atoms with E-state index in [1.54, 1.807) is 18.3 Å². The number of nitro groups is 1. The van der Waals surface area contributed by atoms with Gasteiger partial charge in [-0.05, 0) is 23.8 Å². The van der Waals surface area contributed by atoms with Gasteiger partial charge in [0.2, 0.25) is 0 Å². The van der Waals surface area contributed by atoms with Crippen LogP contribution in [0.4, 0.5) is 11.5 Å². The minimum Gasteiger partial charge on any atom is -0.383 e.